The predicted molar refractivity (Wildman–Crippen MR) is 191 cm³/mol. The molecule has 254 valence electrons. The standard InChI is InChI=1S/C35H41ClN6O5S/c1-7-18-48(44,45)41-30-25-12-11-22(3)31(26(25)13-14-28(30)36)46-32-27(19-23(8-2)20-38-32)29-15-16-37-33(40-29)39-24-10-9-17-42(21-24)34(43)47-35(4,5)6/h8,11-16,19-20,24,41H,2,7,9-10,17-18,21H2,1,3-6H3,(H,37,39,40)/t24-/m0/s1. The minimum Gasteiger partial charge on any atom is -0.444 e. The summed E-state index contributed by atoms with van der Waals surface area (Å²) in [7, 11) is -3.60. The minimum absolute atomic E-state index is 0.0314. The lowest BCUT2D eigenvalue weighted by Crippen LogP contribution is -2.47. The van der Waals surface area contributed by atoms with Crippen molar-refractivity contribution in [2.24, 2.45) is 0 Å². The highest BCUT2D eigenvalue weighted by Crippen LogP contribution is 2.41. The molecule has 1 aliphatic heterocycles. The number of nitrogens with zero attached hydrogens (tertiary/aromatic N) is 4. The molecule has 4 aromatic rings. The lowest BCUT2D eigenvalue weighted by Gasteiger charge is -2.34. The number of carbonyl (C=O) groups is 1. The number of hydrogen-bond acceptors (Lipinski definition) is 9. The number of sulfonamides is 1. The Morgan fingerprint density at radius 1 is 1.17 bits per heavy atom. The summed E-state index contributed by atoms with van der Waals surface area (Å²) in [4.78, 5) is 28.3. The van der Waals surface area contributed by atoms with Crippen molar-refractivity contribution < 1.29 is 22.7 Å². The SMILES string of the molecule is C=Cc1cnc(Oc2c(C)ccc3c(NS(=O)(=O)CCC)c(Cl)ccc23)c(-c2ccnc(N[C@H]3CCCN(C(=O)OC(C)(C)C)C3)n2)c1. The Bertz CT molecular complexity index is 1950. The summed E-state index contributed by atoms with van der Waals surface area (Å²) in [6.45, 7) is 14.2. The fraction of sp³-hybridized carbons (Fsp3) is 0.371. The highest BCUT2D eigenvalue weighted by molar-refractivity contribution is 7.92. The molecule has 2 aromatic carbocycles. The van der Waals surface area contributed by atoms with Gasteiger partial charge in [-0.1, -0.05) is 43.3 Å². The number of rotatable bonds is 10. The van der Waals surface area contributed by atoms with Crippen molar-refractivity contribution in [1.29, 1.82) is 0 Å². The van der Waals surface area contributed by atoms with E-state index in [0.29, 0.717) is 58.9 Å². The van der Waals surface area contributed by atoms with Gasteiger partial charge in [-0.3, -0.25) is 4.72 Å². The van der Waals surface area contributed by atoms with Crippen LogP contribution >= 0.6 is 11.6 Å². The number of aromatic nitrogens is 3. The Morgan fingerprint density at radius 2 is 1.94 bits per heavy atom. The van der Waals surface area contributed by atoms with E-state index < -0.39 is 15.6 Å². The van der Waals surface area contributed by atoms with Gasteiger partial charge in [-0.2, -0.15) is 0 Å². The largest absolute Gasteiger partial charge is 0.444 e. The molecular weight excluding hydrogens is 652 g/mol. The third-order valence-electron chi connectivity index (χ3n) is 7.67. The average Bonchev–Trinajstić information content (AvgIpc) is 3.03. The zero-order valence-electron chi connectivity index (χ0n) is 27.8. The van der Waals surface area contributed by atoms with Gasteiger partial charge < -0.3 is 19.7 Å². The molecule has 2 aromatic heterocycles. The molecule has 0 spiro atoms. The van der Waals surface area contributed by atoms with E-state index in [4.69, 9.17) is 26.1 Å². The number of anilines is 2. The Morgan fingerprint density at radius 3 is 2.67 bits per heavy atom. The third kappa shape index (κ3) is 8.35. The van der Waals surface area contributed by atoms with Crippen LogP contribution in [0.4, 0.5) is 16.4 Å². The lowest BCUT2D eigenvalue weighted by atomic mass is 10.0. The van der Waals surface area contributed by atoms with Gasteiger partial charge in [-0.15, -0.1) is 0 Å². The van der Waals surface area contributed by atoms with Gasteiger partial charge in [0.15, 0.2) is 0 Å². The van der Waals surface area contributed by atoms with Crippen molar-refractivity contribution in [1.82, 2.24) is 19.9 Å². The van der Waals surface area contributed by atoms with Crippen molar-refractivity contribution >= 4 is 56.2 Å². The summed E-state index contributed by atoms with van der Waals surface area (Å²) in [6.07, 6.45) is 6.78. The fourth-order valence-corrected chi connectivity index (χ4v) is 6.90. The Labute approximate surface area is 286 Å². The number of piperidine rings is 1. The summed E-state index contributed by atoms with van der Waals surface area (Å²) in [5, 5.41) is 4.91. The Kier molecular flexibility index (Phi) is 10.4. The maximum atomic E-state index is 12.7. The zero-order chi connectivity index (χ0) is 34.6. The molecule has 1 saturated heterocycles. The summed E-state index contributed by atoms with van der Waals surface area (Å²) >= 11 is 6.50. The Hall–Kier alpha value is -4.42. The van der Waals surface area contributed by atoms with Crippen LogP contribution in [0, 0.1) is 6.92 Å². The molecule has 5 rings (SSSR count). The van der Waals surface area contributed by atoms with Crippen molar-refractivity contribution in [3.8, 4) is 22.9 Å². The van der Waals surface area contributed by atoms with Crippen LogP contribution in [0.5, 0.6) is 11.6 Å². The molecular formula is C35H41ClN6O5S. The van der Waals surface area contributed by atoms with Crippen LogP contribution in [0.15, 0.2) is 55.4 Å². The normalized spacial score (nSPS) is 15.2. The van der Waals surface area contributed by atoms with E-state index in [1.54, 1.807) is 48.5 Å². The zero-order valence-corrected chi connectivity index (χ0v) is 29.4. The molecule has 1 fully saturated rings. The van der Waals surface area contributed by atoms with E-state index in [1.807, 2.05) is 45.9 Å². The summed E-state index contributed by atoms with van der Waals surface area (Å²) in [5.41, 5.74) is 2.46. The number of nitrogens with one attached hydrogen (secondary N) is 2. The highest BCUT2D eigenvalue weighted by Gasteiger charge is 2.28. The molecule has 11 nitrogen and oxygen atoms in total. The van der Waals surface area contributed by atoms with Gasteiger partial charge in [0.1, 0.15) is 11.4 Å². The van der Waals surface area contributed by atoms with Gasteiger partial charge in [0.25, 0.3) is 0 Å². The van der Waals surface area contributed by atoms with Crippen LogP contribution in [0.3, 0.4) is 0 Å². The molecule has 1 aliphatic rings. The first-order valence-corrected chi connectivity index (χ1v) is 17.9. The van der Waals surface area contributed by atoms with Crippen LogP contribution in [-0.2, 0) is 14.8 Å². The molecule has 0 saturated carbocycles. The molecule has 0 aliphatic carbocycles. The Balaban J connectivity index is 1.47. The van der Waals surface area contributed by atoms with E-state index in [-0.39, 0.29) is 28.8 Å². The second kappa shape index (κ2) is 14.4. The molecule has 48 heavy (non-hydrogen) atoms. The van der Waals surface area contributed by atoms with Crippen LogP contribution < -0.4 is 14.8 Å². The van der Waals surface area contributed by atoms with Gasteiger partial charge in [0.2, 0.25) is 21.9 Å². The molecule has 3 heterocycles. The topological polar surface area (TPSA) is 136 Å². The molecule has 1 amide bonds. The first-order chi connectivity index (χ1) is 22.8. The van der Waals surface area contributed by atoms with Gasteiger partial charge in [0.05, 0.1) is 27.7 Å². The van der Waals surface area contributed by atoms with E-state index in [2.05, 4.69) is 26.6 Å². The molecule has 13 heteroatoms. The van der Waals surface area contributed by atoms with E-state index in [9.17, 15) is 13.2 Å². The number of ether oxygens (including phenoxy) is 2. The maximum absolute atomic E-state index is 12.7. The third-order valence-corrected chi connectivity index (χ3v) is 9.45. The van der Waals surface area contributed by atoms with Gasteiger partial charge in [-0.05, 0) is 82.3 Å². The number of hydrogen-bond donors (Lipinski definition) is 2. The summed E-state index contributed by atoms with van der Waals surface area (Å²) < 4.78 is 40.2. The molecule has 0 radical (unpaired) electrons. The van der Waals surface area contributed by atoms with Crippen molar-refractivity contribution in [3.63, 3.8) is 0 Å². The van der Waals surface area contributed by atoms with Crippen molar-refractivity contribution in [3.05, 3.63) is 71.5 Å². The fourth-order valence-electron chi connectivity index (χ4n) is 5.46. The van der Waals surface area contributed by atoms with Gasteiger partial charge >= 0.3 is 6.09 Å². The molecule has 0 unspecified atom stereocenters. The van der Waals surface area contributed by atoms with E-state index in [1.165, 1.54) is 0 Å². The van der Waals surface area contributed by atoms with Crippen LogP contribution in [0.25, 0.3) is 28.1 Å². The number of halogens is 1. The van der Waals surface area contributed by atoms with Gasteiger partial charge in [0, 0.05) is 42.3 Å². The van der Waals surface area contributed by atoms with Crippen LogP contribution in [0.2, 0.25) is 5.02 Å². The number of pyridine rings is 1. The second-order valence-corrected chi connectivity index (χ2v) is 15.0. The number of benzene rings is 2. The van der Waals surface area contributed by atoms with E-state index in [0.717, 1.165) is 24.0 Å². The second-order valence-electron chi connectivity index (χ2n) is 12.8. The number of aryl methyl sites for hydroxylation is 1. The molecule has 0 bridgehead atoms. The number of amides is 1. The first-order valence-electron chi connectivity index (χ1n) is 15.9. The summed E-state index contributed by atoms with van der Waals surface area (Å²) in [5.74, 6) is 1.16. The van der Waals surface area contributed by atoms with Crippen LogP contribution in [0.1, 0.15) is 58.1 Å². The van der Waals surface area contributed by atoms with Gasteiger partial charge in [-0.25, -0.2) is 28.2 Å². The van der Waals surface area contributed by atoms with Crippen LogP contribution in [-0.4, -0.2) is 64.8 Å². The monoisotopic (exact) mass is 692 g/mol. The number of carbonyl (C=O) groups excluding carboxylic acids is 1. The predicted octanol–water partition coefficient (Wildman–Crippen LogP) is 8.05. The molecule has 2 N–H and O–H groups in total. The first kappa shape index (κ1) is 34.9. The number of likely N-dealkylation sites (tertiary alicyclic amines) is 1. The number of fused-ring (bicyclic) bond motifs is 1. The maximum Gasteiger partial charge on any atom is 0.410 e. The highest BCUT2D eigenvalue weighted by atomic mass is 35.5. The quantitative estimate of drug-likeness (QED) is 0.169. The lowest BCUT2D eigenvalue weighted by molar-refractivity contribution is 0.0206. The smallest absolute Gasteiger partial charge is 0.410 e. The van der Waals surface area contributed by atoms with Crippen molar-refractivity contribution in [2.45, 2.75) is 65.5 Å². The molecule has 1 atom stereocenters. The average molecular weight is 693 g/mol. The van der Waals surface area contributed by atoms with Crippen molar-refractivity contribution in [2.75, 3.05) is 28.9 Å². The minimum atomic E-state index is -3.60. The van der Waals surface area contributed by atoms with E-state index >= 15 is 0 Å². The summed E-state index contributed by atoms with van der Waals surface area (Å²) in [6, 6.07) is 10.7.